The molecule has 4 aliphatic rings. The van der Waals surface area contributed by atoms with Crippen LogP contribution in [-0.2, 0) is 11.3 Å². The second kappa shape index (κ2) is 9.32. The normalized spacial score (nSPS) is 41.4. The third-order valence-electron chi connectivity index (χ3n) is 9.30. The van der Waals surface area contributed by atoms with E-state index in [4.69, 9.17) is 4.74 Å². The summed E-state index contributed by atoms with van der Waals surface area (Å²) in [5.74, 6) is 0.585. The van der Waals surface area contributed by atoms with Crippen LogP contribution in [0.2, 0.25) is 0 Å². The van der Waals surface area contributed by atoms with Crippen LogP contribution >= 0.6 is 0 Å². The summed E-state index contributed by atoms with van der Waals surface area (Å²) in [5.41, 5.74) is 1.13. The number of benzene rings is 1. The zero-order valence-electron chi connectivity index (χ0n) is 19.8. The zero-order valence-corrected chi connectivity index (χ0v) is 19.8. The van der Waals surface area contributed by atoms with E-state index >= 15 is 4.39 Å². The van der Waals surface area contributed by atoms with Gasteiger partial charge in [-0.05, 0) is 68.9 Å². The van der Waals surface area contributed by atoms with E-state index in [0.717, 1.165) is 58.2 Å². The van der Waals surface area contributed by atoms with E-state index in [9.17, 15) is 5.11 Å². The molecular weight excluding hydrogens is 403 g/mol. The summed E-state index contributed by atoms with van der Waals surface area (Å²) in [6.45, 7) is 4.89. The number of alkyl halides is 1. The number of ether oxygens (including phenoxy) is 1. The molecule has 0 amide bonds. The predicted octanol–water partition coefficient (Wildman–Crippen LogP) is 4.61. The summed E-state index contributed by atoms with van der Waals surface area (Å²) in [6.07, 6.45) is 6.77. The Morgan fingerprint density at radius 2 is 1.91 bits per heavy atom. The molecule has 32 heavy (non-hydrogen) atoms. The number of nitrogens with zero attached hydrogens (tertiary/aromatic N) is 2. The molecule has 5 rings (SSSR count). The standard InChI is InChI=1S/C27H41FN2O2/c1-27(13-11-20(12-14-27)32-17-19-7-4-3-5-8-19)25(31)15-23-26-21(9-6-10-22(26)28)24-16-29(2)18-30(23)24/h3-5,7-8,20-26,31H,6,9-18H2,1-2H3. The second-order valence-electron chi connectivity index (χ2n) is 11.4. The number of halogens is 1. The number of likely N-dealkylation sites (N-methyl/N-ethyl adjacent to an activating group) is 1. The molecule has 4 fully saturated rings. The fourth-order valence-corrected chi connectivity index (χ4v) is 7.34. The first-order valence-corrected chi connectivity index (χ1v) is 12.9. The van der Waals surface area contributed by atoms with Crippen molar-refractivity contribution < 1.29 is 14.2 Å². The fraction of sp³-hybridized carbons (Fsp3) is 0.778. The quantitative estimate of drug-likeness (QED) is 0.695. The third kappa shape index (κ3) is 4.38. The van der Waals surface area contributed by atoms with E-state index in [1.54, 1.807) is 0 Å². The Kier molecular flexibility index (Phi) is 6.63. The van der Waals surface area contributed by atoms with Crippen molar-refractivity contribution >= 4 is 0 Å². The van der Waals surface area contributed by atoms with Gasteiger partial charge < -0.3 is 9.84 Å². The van der Waals surface area contributed by atoms with E-state index in [0.29, 0.717) is 25.0 Å². The maximum atomic E-state index is 15.1. The van der Waals surface area contributed by atoms with Crippen molar-refractivity contribution in [1.82, 2.24) is 9.80 Å². The molecule has 0 radical (unpaired) electrons. The number of aliphatic hydroxyl groups excluding tert-OH is 1. The maximum Gasteiger partial charge on any atom is 0.105 e. The van der Waals surface area contributed by atoms with Crippen LogP contribution < -0.4 is 0 Å². The minimum Gasteiger partial charge on any atom is -0.393 e. The molecule has 0 bridgehead atoms. The first-order valence-electron chi connectivity index (χ1n) is 12.9. The number of fused-ring (bicyclic) bond motifs is 3. The van der Waals surface area contributed by atoms with Crippen LogP contribution in [0.1, 0.15) is 63.9 Å². The third-order valence-corrected chi connectivity index (χ3v) is 9.30. The Bertz CT molecular complexity index is 753. The highest BCUT2D eigenvalue weighted by atomic mass is 19.1. The van der Waals surface area contributed by atoms with Crippen molar-refractivity contribution in [3.05, 3.63) is 35.9 Å². The summed E-state index contributed by atoms with van der Waals surface area (Å²) in [6, 6.07) is 11.0. The largest absolute Gasteiger partial charge is 0.393 e. The van der Waals surface area contributed by atoms with Gasteiger partial charge in [-0.1, -0.05) is 43.7 Å². The number of rotatable bonds is 6. The fourth-order valence-electron chi connectivity index (χ4n) is 7.34. The maximum absolute atomic E-state index is 15.1. The van der Waals surface area contributed by atoms with Crippen molar-refractivity contribution in [3.63, 3.8) is 0 Å². The van der Waals surface area contributed by atoms with Gasteiger partial charge >= 0.3 is 0 Å². The monoisotopic (exact) mass is 444 g/mol. The first-order chi connectivity index (χ1) is 15.4. The molecule has 1 aromatic carbocycles. The van der Waals surface area contributed by atoms with Crippen LogP contribution in [0.15, 0.2) is 30.3 Å². The molecule has 2 heterocycles. The van der Waals surface area contributed by atoms with Gasteiger partial charge in [-0.25, -0.2) is 4.39 Å². The average Bonchev–Trinajstić information content (AvgIpc) is 3.31. The highest BCUT2D eigenvalue weighted by Gasteiger charge is 2.56. The zero-order chi connectivity index (χ0) is 22.3. The molecule has 178 valence electrons. The Hall–Kier alpha value is -1.01. The minimum absolute atomic E-state index is 0.0910. The molecule has 0 spiro atoms. The van der Waals surface area contributed by atoms with E-state index < -0.39 is 6.17 Å². The Labute approximate surface area is 193 Å². The van der Waals surface area contributed by atoms with Crippen LogP contribution in [-0.4, -0.2) is 65.6 Å². The van der Waals surface area contributed by atoms with Crippen molar-refractivity contribution in [1.29, 1.82) is 0 Å². The number of hydrogen-bond acceptors (Lipinski definition) is 4. The molecule has 5 heteroatoms. The van der Waals surface area contributed by atoms with Gasteiger partial charge in [-0.3, -0.25) is 9.80 Å². The molecule has 4 nitrogen and oxygen atoms in total. The summed E-state index contributed by atoms with van der Waals surface area (Å²) in [5, 5.41) is 11.4. The van der Waals surface area contributed by atoms with Gasteiger partial charge in [0.1, 0.15) is 6.17 Å². The van der Waals surface area contributed by atoms with E-state index in [-0.39, 0.29) is 29.6 Å². The van der Waals surface area contributed by atoms with Crippen molar-refractivity contribution in [2.45, 2.75) is 95.4 Å². The molecule has 2 saturated heterocycles. The topological polar surface area (TPSA) is 35.9 Å². The van der Waals surface area contributed by atoms with Crippen molar-refractivity contribution in [3.8, 4) is 0 Å². The molecule has 1 N–H and O–H groups in total. The van der Waals surface area contributed by atoms with Gasteiger partial charge in [-0.2, -0.15) is 0 Å². The lowest BCUT2D eigenvalue weighted by atomic mass is 9.67. The summed E-state index contributed by atoms with van der Waals surface area (Å²) < 4.78 is 21.3. The molecule has 0 aromatic heterocycles. The van der Waals surface area contributed by atoms with E-state index in [1.165, 1.54) is 5.56 Å². The van der Waals surface area contributed by atoms with Gasteiger partial charge in [0.15, 0.2) is 0 Å². The lowest BCUT2D eigenvalue weighted by Gasteiger charge is -2.43. The Morgan fingerprint density at radius 1 is 1.16 bits per heavy atom. The highest BCUT2D eigenvalue weighted by molar-refractivity contribution is 5.13. The second-order valence-corrected chi connectivity index (χ2v) is 11.4. The van der Waals surface area contributed by atoms with Crippen LogP contribution in [0, 0.1) is 17.3 Å². The molecule has 2 aliphatic heterocycles. The van der Waals surface area contributed by atoms with Gasteiger partial charge in [-0.15, -0.1) is 0 Å². The lowest BCUT2D eigenvalue weighted by Crippen LogP contribution is -2.46. The first kappa shape index (κ1) is 22.8. The number of hydrogen-bond donors (Lipinski definition) is 1. The molecule has 2 aliphatic carbocycles. The smallest absolute Gasteiger partial charge is 0.105 e. The van der Waals surface area contributed by atoms with Gasteiger partial charge in [0.2, 0.25) is 0 Å². The van der Waals surface area contributed by atoms with E-state index in [1.807, 2.05) is 6.07 Å². The molecule has 6 unspecified atom stereocenters. The SMILES string of the molecule is CN1CC2C3CCCC(F)C3C(CC(O)C3(C)CCC(OCc4ccccc4)CC3)N2C1. The summed E-state index contributed by atoms with van der Waals surface area (Å²) in [7, 11) is 2.18. The average molecular weight is 445 g/mol. The number of aliphatic hydroxyl groups is 1. The van der Waals surface area contributed by atoms with Crippen molar-refractivity contribution in [2.75, 3.05) is 20.3 Å². The Balaban J connectivity index is 1.19. The molecule has 1 aromatic rings. The Morgan fingerprint density at radius 3 is 2.66 bits per heavy atom. The van der Waals surface area contributed by atoms with Gasteiger partial charge in [0.25, 0.3) is 0 Å². The molecule has 6 atom stereocenters. The summed E-state index contributed by atoms with van der Waals surface area (Å²) in [4.78, 5) is 4.92. The molecular formula is C27H41FN2O2. The lowest BCUT2D eigenvalue weighted by molar-refractivity contribution is -0.0629. The highest BCUT2D eigenvalue weighted by Crippen LogP contribution is 2.50. The molecule has 2 saturated carbocycles. The van der Waals surface area contributed by atoms with E-state index in [2.05, 4.69) is 48.0 Å². The van der Waals surface area contributed by atoms with Crippen LogP contribution in [0.4, 0.5) is 4.39 Å². The van der Waals surface area contributed by atoms with Crippen LogP contribution in [0.3, 0.4) is 0 Å². The summed E-state index contributed by atoms with van der Waals surface area (Å²) >= 11 is 0. The van der Waals surface area contributed by atoms with Crippen LogP contribution in [0.5, 0.6) is 0 Å². The minimum atomic E-state index is -0.697. The van der Waals surface area contributed by atoms with Gasteiger partial charge in [0, 0.05) is 24.5 Å². The predicted molar refractivity (Wildman–Crippen MR) is 125 cm³/mol. The van der Waals surface area contributed by atoms with Crippen LogP contribution in [0.25, 0.3) is 0 Å². The van der Waals surface area contributed by atoms with Crippen molar-refractivity contribution in [2.24, 2.45) is 17.3 Å². The van der Waals surface area contributed by atoms with Gasteiger partial charge in [0.05, 0.1) is 25.5 Å².